The third-order valence-electron chi connectivity index (χ3n) is 6.27. The van der Waals surface area contributed by atoms with E-state index < -0.39 is 0 Å². The molecule has 0 aromatic rings. The molecule has 3 atom stereocenters. The van der Waals surface area contributed by atoms with E-state index in [0.717, 1.165) is 38.1 Å². The summed E-state index contributed by atoms with van der Waals surface area (Å²) in [6.07, 6.45) is 9.12. The van der Waals surface area contributed by atoms with Crippen LogP contribution in [0.4, 0.5) is 4.79 Å². The molecule has 0 aromatic heterocycles. The molecule has 3 heterocycles. The van der Waals surface area contributed by atoms with E-state index in [4.69, 9.17) is 0 Å². The van der Waals surface area contributed by atoms with Gasteiger partial charge in [0.1, 0.15) is 0 Å². The van der Waals surface area contributed by atoms with Crippen LogP contribution in [-0.2, 0) is 4.79 Å². The number of unbranched alkanes of at least 4 members (excludes halogenated alkanes) is 1. The molecule has 1 aliphatic carbocycles. The molecule has 4 aliphatic rings. The van der Waals surface area contributed by atoms with Crippen molar-refractivity contribution >= 4 is 23.7 Å². The van der Waals surface area contributed by atoms with Crippen LogP contribution in [-0.4, -0.2) is 53.0 Å². The van der Waals surface area contributed by atoms with Crippen LogP contribution in [0.5, 0.6) is 0 Å². The van der Waals surface area contributed by atoms with Gasteiger partial charge in [-0.05, 0) is 37.5 Å². The van der Waals surface area contributed by atoms with Gasteiger partial charge in [0.15, 0.2) is 0 Å². The lowest BCUT2D eigenvalue weighted by molar-refractivity contribution is -0.131. The van der Waals surface area contributed by atoms with Crippen molar-refractivity contribution in [3.63, 3.8) is 0 Å². The second-order valence-corrected chi connectivity index (χ2v) is 9.06. The Morgan fingerprint density at radius 3 is 2.87 bits per heavy atom. The van der Waals surface area contributed by atoms with Crippen LogP contribution in [0.3, 0.4) is 0 Å². The smallest absolute Gasteiger partial charge is 0.315 e. The maximum Gasteiger partial charge on any atom is 0.315 e. The molecule has 1 spiro atoms. The third kappa shape index (κ3) is 3.06. The van der Waals surface area contributed by atoms with Crippen molar-refractivity contribution in [2.45, 2.75) is 68.7 Å². The van der Waals surface area contributed by atoms with E-state index in [1.54, 1.807) is 0 Å². The fourth-order valence-electron chi connectivity index (χ4n) is 4.66. The van der Waals surface area contributed by atoms with E-state index in [1.165, 1.54) is 25.7 Å². The van der Waals surface area contributed by atoms with Gasteiger partial charge in [-0.3, -0.25) is 4.79 Å². The Bertz CT molecular complexity index is 494. The van der Waals surface area contributed by atoms with Crippen LogP contribution < -0.4 is 10.6 Å². The number of likely N-dealkylation sites (tertiary alicyclic amines) is 1. The Morgan fingerprint density at radius 1 is 1.26 bits per heavy atom. The van der Waals surface area contributed by atoms with Gasteiger partial charge >= 0.3 is 6.03 Å². The van der Waals surface area contributed by atoms with E-state index in [9.17, 15) is 9.59 Å². The van der Waals surface area contributed by atoms with Gasteiger partial charge < -0.3 is 15.5 Å². The number of urea groups is 1. The zero-order chi connectivity index (χ0) is 15.9. The van der Waals surface area contributed by atoms with Crippen molar-refractivity contribution in [1.82, 2.24) is 15.5 Å². The first kappa shape index (κ1) is 15.6. The Balaban J connectivity index is 1.15. The Kier molecular flexibility index (Phi) is 4.20. The molecule has 3 saturated heterocycles. The molecule has 0 unspecified atom stereocenters. The second kappa shape index (κ2) is 6.19. The summed E-state index contributed by atoms with van der Waals surface area (Å²) < 4.78 is 0. The molecule has 1 saturated carbocycles. The number of rotatable bonds is 5. The van der Waals surface area contributed by atoms with E-state index in [1.807, 2.05) is 11.8 Å². The normalized spacial score (nSPS) is 34.2. The summed E-state index contributed by atoms with van der Waals surface area (Å²) in [6.45, 7) is 2.00. The van der Waals surface area contributed by atoms with Crippen molar-refractivity contribution < 1.29 is 9.59 Å². The van der Waals surface area contributed by atoms with Crippen LogP contribution in [0.15, 0.2) is 0 Å². The van der Waals surface area contributed by atoms with Crippen LogP contribution in [0, 0.1) is 5.41 Å². The number of nitrogens with one attached hydrogen (secondary N) is 2. The first-order valence-corrected chi connectivity index (χ1v) is 10.2. The number of carbonyl (C=O) groups excluding carboxylic acids is 2. The van der Waals surface area contributed by atoms with Gasteiger partial charge in [0.25, 0.3) is 0 Å². The van der Waals surface area contributed by atoms with E-state index in [-0.39, 0.29) is 6.03 Å². The molecule has 0 bridgehead atoms. The van der Waals surface area contributed by atoms with Crippen molar-refractivity contribution in [3.05, 3.63) is 0 Å². The van der Waals surface area contributed by atoms with Crippen LogP contribution in [0.1, 0.15) is 51.4 Å². The Hall–Kier alpha value is -0.910. The highest BCUT2D eigenvalue weighted by Crippen LogP contribution is 2.48. The van der Waals surface area contributed by atoms with Gasteiger partial charge in [0.2, 0.25) is 5.91 Å². The summed E-state index contributed by atoms with van der Waals surface area (Å²) >= 11 is 1.96. The predicted octanol–water partition coefficient (Wildman–Crippen LogP) is 2.11. The molecule has 4 rings (SSSR count). The van der Waals surface area contributed by atoms with Crippen LogP contribution >= 0.6 is 11.8 Å². The van der Waals surface area contributed by atoms with Crippen molar-refractivity contribution in [2.24, 2.45) is 5.41 Å². The highest BCUT2D eigenvalue weighted by atomic mass is 32.2. The van der Waals surface area contributed by atoms with E-state index in [0.29, 0.717) is 35.1 Å². The summed E-state index contributed by atoms with van der Waals surface area (Å²) in [7, 11) is 0. The molecule has 0 radical (unpaired) electrons. The molecule has 5 nitrogen and oxygen atoms in total. The quantitative estimate of drug-likeness (QED) is 0.597. The molecule has 3 amide bonds. The van der Waals surface area contributed by atoms with Gasteiger partial charge in [-0.2, -0.15) is 11.8 Å². The predicted molar refractivity (Wildman–Crippen MR) is 91.4 cm³/mol. The van der Waals surface area contributed by atoms with Gasteiger partial charge in [-0.15, -0.1) is 0 Å². The highest BCUT2D eigenvalue weighted by molar-refractivity contribution is 8.00. The number of fused-ring (bicyclic) bond motifs is 1. The maximum atomic E-state index is 12.3. The molecule has 23 heavy (non-hydrogen) atoms. The molecular formula is C17H27N3O2S. The van der Waals surface area contributed by atoms with Crippen molar-refractivity contribution in [2.75, 3.05) is 18.8 Å². The zero-order valence-electron chi connectivity index (χ0n) is 13.7. The summed E-state index contributed by atoms with van der Waals surface area (Å²) in [5, 5.41) is 6.53. The Labute approximate surface area is 142 Å². The topological polar surface area (TPSA) is 61.4 Å². The second-order valence-electron chi connectivity index (χ2n) is 7.79. The minimum atomic E-state index is -0.0144. The SMILES string of the molecule is O=C1N[C@@H]2[C@@H](CS[C@@H]2CCCCC(=O)N2CCC3(CCC3)C2)N1. The van der Waals surface area contributed by atoms with E-state index >= 15 is 0 Å². The summed E-state index contributed by atoms with van der Waals surface area (Å²) in [5.41, 5.74) is 0.513. The number of hydrogen-bond acceptors (Lipinski definition) is 3. The van der Waals surface area contributed by atoms with E-state index in [2.05, 4.69) is 15.5 Å². The Morgan fingerprint density at radius 2 is 2.13 bits per heavy atom. The van der Waals surface area contributed by atoms with Gasteiger partial charge in [-0.1, -0.05) is 12.8 Å². The summed E-state index contributed by atoms with van der Waals surface area (Å²) in [4.78, 5) is 25.8. The standard InChI is InChI=1S/C17H27N3O2S/c21-14(20-9-8-17(11-20)6-3-7-17)5-2-1-4-13-15-12(10-23-13)18-16(22)19-15/h12-13,15H,1-11H2,(H2,18,19,22)/t12-,13-,15-/m1/s1. The minimum absolute atomic E-state index is 0.0144. The molecule has 3 aliphatic heterocycles. The molecular weight excluding hydrogens is 310 g/mol. The average Bonchev–Trinajstić information content (AvgIpc) is 3.17. The average molecular weight is 337 g/mol. The fourth-order valence-corrected chi connectivity index (χ4v) is 6.20. The minimum Gasteiger partial charge on any atom is -0.342 e. The number of carbonyl (C=O) groups is 2. The lowest BCUT2D eigenvalue weighted by atomic mass is 9.68. The largest absolute Gasteiger partial charge is 0.342 e. The van der Waals surface area contributed by atoms with Crippen molar-refractivity contribution in [3.8, 4) is 0 Å². The lowest BCUT2D eigenvalue weighted by Crippen LogP contribution is -2.37. The molecule has 128 valence electrons. The molecule has 2 N–H and O–H groups in total. The number of thioether (sulfide) groups is 1. The van der Waals surface area contributed by atoms with Crippen molar-refractivity contribution in [1.29, 1.82) is 0 Å². The van der Waals surface area contributed by atoms with Gasteiger partial charge in [0, 0.05) is 30.5 Å². The fraction of sp³-hybridized carbons (Fsp3) is 0.882. The van der Waals surface area contributed by atoms with Gasteiger partial charge in [0.05, 0.1) is 12.1 Å². The van der Waals surface area contributed by atoms with Crippen LogP contribution in [0.25, 0.3) is 0 Å². The summed E-state index contributed by atoms with van der Waals surface area (Å²) in [6, 6.07) is 0.585. The lowest BCUT2D eigenvalue weighted by Gasteiger charge is -2.38. The number of nitrogens with zero attached hydrogens (tertiary/aromatic N) is 1. The zero-order valence-corrected chi connectivity index (χ0v) is 14.5. The number of amides is 3. The monoisotopic (exact) mass is 337 g/mol. The molecule has 4 fully saturated rings. The maximum absolute atomic E-state index is 12.3. The van der Waals surface area contributed by atoms with Crippen LogP contribution in [0.2, 0.25) is 0 Å². The first-order valence-electron chi connectivity index (χ1n) is 9.12. The van der Waals surface area contributed by atoms with Gasteiger partial charge in [-0.25, -0.2) is 4.79 Å². The summed E-state index contributed by atoms with van der Waals surface area (Å²) in [5.74, 6) is 1.38. The highest BCUT2D eigenvalue weighted by Gasteiger charge is 2.44. The molecule has 6 heteroatoms. The number of hydrogen-bond donors (Lipinski definition) is 2. The molecule has 0 aromatic carbocycles. The first-order chi connectivity index (χ1) is 11.2. The third-order valence-corrected chi connectivity index (χ3v) is 7.78.